The molecule has 0 saturated carbocycles. The summed E-state index contributed by atoms with van der Waals surface area (Å²) in [4.78, 5) is 65.1. The summed E-state index contributed by atoms with van der Waals surface area (Å²) in [7, 11) is -16.2. The number of rotatable bonds is 6. The van der Waals surface area contributed by atoms with Crippen LogP contribution in [0.15, 0.2) is 15.8 Å². The summed E-state index contributed by atoms with van der Waals surface area (Å²) in [5.74, 6) is 0. The molecule has 180 valence electrons. The third-order valence-corrected chi connectivity index (χ3v) is 6.71. The summed E-state index contributed by atoms with van der Waals surface area (Å²) in [5, 5.41) is 28.3. The molecule has 0 aliphatic carbocycles. The van der Waals surface area contributed by atoms with Crippen LogP contribution in [0.4, 0.5) is 0 Å². The monoisotopic (exact) mass is 516 g/mol. The van der Waals surface area contributed by atoms with Gasteiger partial charge in [-0.05, 0) is 6.92 Å². The van der Waals surface area contributed by atoms with E-state index in [1.54, 1.807) is 0 Å². The van der Waals surface area contributed by atoms with Gasteiger partial charge in [0.25, 0.3) is 5.56 Å². The fourth-order valence-corrected chi connectivity index (χ4v) is 4.71. The first-order chi connectivity index (χ1) is 13.9. The van der Waals surface area contributed by atoms with E-state index in [4.69, 9.17) is 34.3 Å². The molecule has 0 unspecified atom stereocenters. The molecule has 18 nitrogen and oxygen atoms in total. The van der Waals surface area contributed by atoms with E-state index in [9.17, 15) is 33.5 Å². The number of ether oxygens (including phenoxy) is 1. The van der Waals surface area contributed by atoms with Crippen LogP contribution in [-0.2, 0) is 27.1 Å². The minimum atomic E-state index is -5.46. The Bertz CT molecular complexity index is 995. The molecule has 0 bridgehead atoms. The van der Waals surface area contributed by atoms with Crippen molar-refractivity contribution in [3.63, 3.8) is 0 Å². The second-order valence-electron chi connectivity index (χ2n) is 5.82. The number of aromatic nitrogens is 2. The zero-order valence-corrected chi connectivity index (χ0v) is 17.9. The smallest absolute Gasteiger partial charge is 0.394 e. The Hall–Kier alpha value is -1.07. The van der Waals surface area contributed by atoms with E-state index in [0.29, 0.717) is 0 Å². The zero-order chi connectivity index (χ0) is 24.4. The largest absolute Gasteiger partial charge is 0.490 e. The number of phosphoric acid groups is 3. The number of aliphatic hydroxyl groups excluding tert-OH is 3. The molecule has 1 aromatic heterocycles. The Labute approximate surface area is 171 Å². The standard InChI is InChI=1S/C10H14N2O6.H5O10P3/c1-4-2-12(10(17)11-8(4)16)9-7(15)6(14)5(3-13)18-9;1-11(2,3)9-13(7,8)10-12(4,5)6/h2,5-7,9,13-15H,3H2,1H3,(H,11,16,17);(H,7,8)(H2,1,2,3)(H2,4,5,6)/t5-,6-,7-,9-;/m1./s1. The van der Waals surface area contributed by atoms with Gasteiger partial charge in [-0.2, -0.15) is 8.62 Å². The molecular weight excluding hydrogens is 497 g/mol. The Kier molecular flexibility index (Phi) is 9.24. The van der Waals surface area contributed by atoms with Gasteiger partial charge in [0.05, 0.1) is 6.61 Å². The Morgan fingerprint density at radius 2 is 1.52 bits per heavy atom. The van der Waals surface area contributed by atoms with Crippen LogP contribution in [0.1, 0.15) is 11.8 Å². The molecule has 0 spiro atoms. The van der Waals surface area contributed by atoms with Gasteiger partial charge in [-0.1, -0.05) is 0 Å². The number of aromatic amines is 1. The van der Waals surface area contributed by atoms with Gasteiger partial charge in [-0.15, -0.1) is 0 Å². The minimum Gasteiger partial charge on any atom is -0.394 e. The maximum atomic E-state index is 11.6. The lowest BCUT2D eigenvalue weighted by Crippen LogP contribution is -2.38. The Morgan fingerprint density at radius 1 is 1.03 bits per heavy atom. The average molecular weight is 516 g/mol. The predicted molar refractivity (Wildman–Crippen MR) is 95.2 cm³/mol. The highest BCUT2D eigenvalue weighted by atomic mass is 31.3. The van der Waals surface area contributed by atoms with Crippen molar-refractivity contribution in [1.82, 2.24) is 9.55 Å². The molecule has 0 aromatic carbocycles. The second-order valence-corrected chi connectivity index (χ2v) is 10.0. The third-order valence-electron chi connectivity index (χ3n) is 3.36. The lowest BCUT2D eigenvalue weighted by molar-refractivity contribution is -0.0551. The highest BCUT2D eigenvalue weighted by molar-refractivity contribution is 7.66. The van der Waals surface area contributed by atoms with Gasteiger partial charge < -0.3 is 44.5 Å². The summed E-state index contributed by atoms with van der Waals surface area (Å²) in [6, 6.07) is 0. The molecule has 1 fully saturated rings. The number of nitrogens with one attached hydrogen (secondary N) is 1. The second kappa shape index (κ2) is 10.2. The van der Waals surface area contributed by atoms with E-state index >= 15 is 0 Å². The normalized spacial score (nSPS) is 24.5. The van der Waals surface area contributed by atoms with Crippen molar-refractivity contribution in [3.8, 4) is 0 Å². The van der Waals surface area contributed by atoms with Crippen molar-refractivity contribution in [3.05, 3.63) is 32.6 Å². The van der Waals surface area contributed by atoms with E-state index in [1.807, 2.05) is 0 Å². The molecule has 1 aromatic rings. The van der Waals surface area contributed by atoms with Gasteiger partial charge in [0, 0.05) is 11.8 Å². The molecule has 0 amide bonds. The molecule has 1 aliphatic heterocycles. The van der Waals surface area contributed by atoms with Crippen LogP contribution < -0.4 is 11.2 Å². The van der Waals surface area contributed by atoms with E-state index < -0.39 is 65.9 Å². The van der Waals surface area contributed by atoms with Crippen LogP contribution in [0.25, 0.3) is 0 Å². The summed E-state index contributed by atoms with van der Waals surface area (Å²) < 4.78 is 42.6. The van der Waals surface area contributed by atoms with Crippen LogP contribution in [-0.4, -0.2) is 74.3 Å². The van der Waals surface area contributed by atoms with Gasteiger partial charge in [0.2, 0.25) is 0 Å². The van der Waals surface area contributed by atoms with Crippen LogP contribution in [0.3, 0.4) is 0 Å². The third kappa shape index (κ3) is 8.76. The topological polar surface area (TPSA) is 296 Å². The zero-order valence-electron chi connectivity index (χ0n) is 15.2. The highest BCUT2D eigenvalue weighted by Gasteiger charge is 2.43. The van der Waals surface area contributed by atoms with Crippen molar-refractivity contribution in [2.45, 2.75) is 31.5 Å². The number of nitrogens with zero attached hydrogens (tertiary/aromatic N) is 1. The average Bonchev–Trinajstić information content (AvgIpc) is 2.82. The maximum absolute atomic E-state index is 11.6. The summed E-state index contributed by atoms with van der Waals surface area (Å²) in [5.41, 5.74) is -1.00. The lowest BCUT2D eigenvalue weighted by atomic mass is 10.1. The van der Waals surface area contributed by atoms with Crippen LogP contribution >= 0.6 is 23.5 Å². The van der Waals surface area contributed by atoms with E-state index in [-0.39, 0.29) is 5.56 Å². The molecule has 9 N–H and O–H groups in total. The molecule has 2 heterocycles. The maximum Gasteiger partial charge on any atom is 0.490 e. The first-order valence-electron chi connectivity index (χ1n) is 7.68. The van der Waals surface area contributed by atoms with Gasteiger partial charge >= 0.3 is 29.2 Å². The van der Waals surface area contributed by atoms with Crippen molar-refractivity contribution >= 4 is 23.5 Å². The van der Waals surface area contributed by atoms with Gasteiger partial charge in [0.1, 0.15) is 18.3 Å². The lowest BCUT2D eigenvalue weighted by Gasteiger charge is -2.17. The van der Waals surface area contributed by atoms with Gasteiger partial charge in [-0.3, -0.25) is 14.3 Å². The van der Waals surface area contributed by atoms with Crippen LogP contribution in [0.5, 0.6) is 0 Å². The molecule has 4 atom stereocenters. The van der Waals surface area contributed by atoms with Crippen molar-refractivity contribution in [2.75, 3.05) is 6.61 Å². The Morgan fingerprint density at radius 3 is 1.90 bits per heavy atom. The summed E-state index contributed by atoms with van der Waals surface area (Å²) in [6.45, 7) is 1.02. The molecule has 1 aliphatic rings. The molecule has 21 heteroatoms. The molecule has 31 heavy (non-hydrogen) atoms. The van der Waals surface area contributed by atoms with Crippen molar-refractivity contribution in [2.24, 2.45) is 0 Å². The number of hydrogen-bond donors (Lipinski definition) is 9. The van der Waals surface area contributed by atoms with Crippen molar-refractivity contribution in [1.29, 1.82) is 0 Å². The fourth-order valence-electron chi connectivity index (χ4n) is 2.17. The first-order valence-corrected chi connectivity index (χ1v) is 12.2. The van der Waals surface area contributed by atoms with Gasteiger partial charge in [0.15, 0.2) is 6.23 Å². The minimum absolute atomic E-state index is 0.271. The highest BCUT2D eigenvalue weighted by Crippen LogP contribution is 2.64. The summed E-state index contributed by atoms with van der Waals surface area (Å²) in [6.07, 6.45) is -3.52. The number of H-pyrrole nitrogens is 1. The fraction of sp³-hybridized carbons (Fsp3) is 0.600. The number of hydrogen-bond acceptors (Lipinski definition) is 11. The van der Waals surface area contributed by atoms with Gasteiger partial charge in [-0.25, -0.2) is 18.5 Å². The Balaban J connectivity index is 0.000000330. The first kappa shape index (κ1) is 28.0. The quantitative estimate of drug-likeness (QED) is 0.168. The predicted octanol–water partition coefficient (Wildman–Crippen LogP) is -3.24. The SMILES string of the molecule is Cc1cn([C@@H]2O[C@H](CO)[C@@H](O)[C@H]2O)c(=O)[nH]c1=O.O=P(O)(O)OP(=O)(O)OP(=O)(O)O. The van der Waals surface area contributed by atoms with E-state index in [0.717, 1.165) is 4.57 Å². The van der Waals surface area contributed by atoms with E-state index in [1.165, 1.54) is 13.1 Å². The summed E-state index contributed by atoms with van der Waals surface area (Å²) >= 11 is 0. The number of aliphatic hydroxyl groups is 3. The molecule has 0 radical (unpaired) electrons. The van der Waals surface area contributed by atoms with Crippen LogP contribution in [0, 0.1) is 6.92 Å². The van der Waals surface area contributed by atoms with E-state index in [2.05, 4.69) is 13.6 Å². The van der Waals surface area contributed by atoms with Crippen molar-refractivity contribution < 1.29 is 66.8 Å². The van der Waals surface area contributed by atoms with Crippen LogP contribution in [0.2, 0.25) is 0 Å². The molecule has 1 saturated heterocycles. The molecular formula is C10H19N2O16P3. The molecule has 2 rings (SSSR count). The number of aryl methyl sites for hydroxylation is 1.